The van der Waals surface area contributed by atoms with Crippen molar-refractivity contribution in [3.8, 4) is 11.3 Å². The van der Waals surface area contributed by atoms with E-state index in [9.17, 15) is 9.18 Å². The van der Waals surface area contributed by atoms with E-state index in [2.05, 4.69) is 20.1 Å². The van der Waals surface area contributed by atoms with Gasteiger partial charge in [-0.2, -0.15) is 0 Å². The molecule has 0 spiro atoms. The molecule has 10 heteroatoms. The minimum Gasteiger partial charge on any atom is -0.336 e. The van der Waals surface area contributed by atoms with Gasteiger partial charge in [-0.25, -0.2) is 14.4 Å². The normalized spacial score (nSPS) is 16.9. The summed E-state index contributed by atoms with van der Waals surface area (Å²) in [5.41, 5.74) is 5.43. The fourth-order valence-electron chi connectivity index (χ4n) is 6.34. The minimum atomic E-state index is -0.348. The molecule has 1 aromatic heterocycles. The molecule has 45 heavy (non-hydrogen) atoms. The summed E-state index contributed by atoms with van der Waals surface area (Å²) in [6.45, 7) is 8.26. The number of carbonyl (C=O) groups excluding carboxylic acids is 1. The Morgan fingerprint density at radius 2 is 1.58 bits per heavy atom. The molecule has 1 N–H and O–H groups in total. The Labute approximate surface area is 267 Å². The van der Waals surface area contributed by atoms with Crippen LogP contribution in [0.1, 0.15) is 39.9 Å². The molecule has 230 valence electrons. The third-order valence-corrected chi connectivity index (χ3v) is 9.11. The van der Waals surface area contributed by atoms with Crippen molar-refractivity contribution in [1.29, 1.82) is 0 Å². The van der Waals surface area contributed by atoms with Gasteiger partial charge >= 0.3 is 0 Å². The van der Waals surface area contributed by atoms with Crippen LogP contribution in [0.4, 0.5) is 16.0 Å². The lowest BCUT2D eigenvalue weighted by Crippen LogP contribution is -2.50. The molecule has 8 nitrogen and oxygen atoms in total. The molecule has 2 saturated heterocycles. The van der Waals surface area contributed by atoms with Crippen LogP contribution in [0.25, 0.3) is 11.3 Å². The topological polar surface area (TPSA) is 77.0 Å². The highest BCUT2D eigenvalue weighted by molar-refractivity contribution is 6.31. The summed E-state index contributed by atoms with van der Waals surface area (Å²) < 4.78 is 14.8. The summed E-state index contributed by atoms with van der Waals surface area (Å²) in [6.07, 6.45) is 4.38. The van der Waals surface area contributed by atoms with E-state index in [-0.39, 0.29) is 11.7 Å². The second-order valence-electron chi connectivity index (χ2n) is 11.8. The second kappa shape index (κ2) is 13.0. The van der Waals surface area contributed by atoms with Gasteiger partial charge in [-0.1, -0.05) is 29.8 Å². The SMILES string of the molecule is O=C(c1ccc(Nc2ncc3c(n2)-c2ccc(Cl)cc2C(c2ccccc2F)=NC3)cc1)N1CCN(CCN2CCCC2)CC1. The van der Waals surface area contributed by atoms with E-state index < -0.39 is 0 Å². The van der Waals surface area contributed by atoms with Gasteiger partial charge in [0.05, 0.1) is 18.0 Å². The van der Waals surface area contributed by atoms with Crippen molar-refractivity contribution in [3.63, 3.8) is 0 Å². The van der Waals surface area contributed by atoms with Crippen molar-refractivity contribution in [2.75, 3.05) is 57.7 Å². The number of aromatic nitrogens is 2. The highest BCUT2D eigenvalue weighted by Crippen LogP contribution is 2.34. The number of halogens is 2. The van der Waals surface area contributed by atoms with Gasteiger partial charge in [0, 0.05) is 84.0 Å². The maximum Gasteiger partial charge on any atom is 0.253 e. The predicted molar refractivity (Wildman–Crippen MR) is 176 cm³/mol. The molecular formula is C35H35ClFN7O. The van der Waals surface area contributed by atoms with E-state index in [0.29, 0.717) is 45.6 Å². The van der Waals surface area contributed by atoms with Gasteiger partial charge in [-0.05, 0) is 74.5 Å². The maximum atomic E-state index is 14.8. The third-order valence-electron chi connectivity index (χ3n) is 8.87. The number of nitrogens with zero attached hydrogens (tertiary/aromatic N) is 6. The number of carbonyl (C=O) groups is 1. The van der Waals surface area contributed by atoms with Crippen LogP contribution in [-0.2, 0) is 6.54 Å². The van der Waals surface area contributed by atoms with Gasteiger partial charge in [-0.15, -0.1) is 0 Å². The fraction of sp³-hybridized carbons (Fsp3) is 0.314. The Kier molecular flexibility index (Phi) is 8.56. The number of hydrogen-bond donors (Lipinski definition) is 1. The van der Waals surface area contributed by atoms with E-state index in [4.69, 9.17) is 21.6 Å². The zero-order valence-corrected chi connectivity index (χ0v) is 25.8. The molecule has 0 radical (unpaired) electrons. The van der Waals surface area contributed by atoms with Crippen LogP contribution < -0.4 is 5.32 Å². The van der Waals surface area contributed by atoms with Crippen LogP contribution in [0.5, 0.6) is 0 Å². The Morgan fingerprint density at radius 3 is 2.33 bits per heavy atom. The van der Waals surface area contributed by atoms with Gasteiger partial charge in [-0.3, -0.25) is 14.7 Å². The van der Waals surface area contributed by atoms with Crippen molar-refractivity contribution < 1.29 is 9.18 Å². The van der Waals surface area contributed by atoms with Gasteiger partial charge < -0.3 is 15.1 Å². The molecule has 0 saturated carbocycles. The molecule has 3 aliphatic rings. The Hall–Kier alpha value is -4.18. The monoisotopic (exact) mass is 623 g/mol. The molecule has 4 aromatic rings. The van der Waals surface area contributed by atoms with Crippen molar-refractivity contribution in [2.45, 2.75) is 19.4 Å². The summed E-state index contributed by atoms with van der Waals surface area (Å²) in [7, 11) is 0. The first-order valence-corrected chi connectivity index (χ1v) is 16.0. The summed E-state index contributed by atoms with van der Waals surface area (Å²) in [5, 5.41) is 3.81. The summed E-state index contributed by atoms with van der Waals surface area (Å²) in [6, 6.07) is 19.5. The highest BCUT2D eigenvalue weighted by Gasteiger charge is 2.25. The molecule has 0 atom stereocenters. The van der Waals surface area contributed by atoms with Gasteiger partial charge in [0.15, 0.2) is 0 Å². The smallest absolute Gasteiger partial charge is 0.253 e. The molecule has 0 unspecified atom stereocenters. The van der Waals surface area contributed by atoms with Gasteiger partial charge in [0.1, 0.15) is 5.82 Å². The molecule has 1 amide bonds. The van der Waals surface area contributed by atoms with Crippen LogP contribution in [0.15, 0.2) is 77.9 Å². The number of nitrogens with one attached hydrogen (secondary N) is 1. The number of fused-ring (bicyclic) bond motifs is 3. The van der Waals surface area contributed by atoms with E-state index in [1.165, 1.54) is 32.0 Å². The first-order valence-electron chi connectivity index (χ1n) is 15.6. The van der Waals surface area contributed by atoms with E-state index >= 15 is 0 Å². The average Bonchev–Trinajstić information content (AvgIpc) is 3.54. The zero-order chi connectivity index (χ0) is 30.8. The molecule has 3 aliphatic heterocycles. The molecule has 3 aromatic carbocycles. The van der Waals surface area contributed by atoms with Crippen molar-refractivity contribution in [1.82, 2.24) is 24.7 Å². The fourth-order valence-corrected chi connectivity index (χ4v) is 6.51. The highest BCUT2D eigenvalue weighted by atomic mass is 35.5. The second-order valence-corrected chi connectivity index (χ2v) is 12.2. The number of rotatable bonds is 7. The summed E-state index contributed by atoms with van der Waals surface area (Å²) >= 11 is 6.39. The first kappa shape index (κ1) is 29.5. The van der Waals surface area contributed by atoms with E-state index in [0.717, 1.165) is 56.1 Å². The molecule has 2 fully saturated rings. The lowest BCUT2D eigenvalue weighted by Gasteiger charge is -2.35. The van der Waals surface area contributed by atoms with E-state index in [1.54, 1.807) is 36.5 Å². The van der Waals surface area contributed by atoms with Crippen molar-refractivity contribution in [3.05, 3.63) is 106 Å². The zero-order valence-electron chi connectivity index (χ0n) is 25.1. The van der Waals surface area contributed by atoms with Crippen LogP contribution in [0.3, 0.4) is 0 Å². The molecule has 4 heterocycles. The van der Waals surface area contributed by atoms with Crippen LogP contribution >= 0.6 is 11.6 Å². The third kappa shape index (κ3) is 6.47. The number of benzene rings is 3. The van der Waals surface area contributed by atoms with Crippen LogP contribution in [0, 0.1) is 5.82 Å². The number of likely N-dealkylation sites (tertiary alicyclic amines) is 1. The minimum absolute atomic E-state index is 0.0583. The Bertz CT molecular complexity index is 1730. The van der Waals surface area contributed by atoms with Crippen LogP contribution in [-0.4, -0.2) is 88.6 Å². The summed E-state index contributed by atoms with van der Waals surface area (Å²) in [4.78, 5) is 34.3. The number of hydrogen-bond acceptors (Lipinski definition) is 7. The maximum absolute atomic E-state index is 14.8. The Balaban J connectivity index is 1.03. The standard InChI is InChI=1S/C35H35ClFN7O/c36-26-9-12-28-30(21-26)33(29-5-1-2-6-31(29)37)38-22-25-23-39-35(41-32(25)28)40-27-10-7-24(8-11-27)34(45)44-19-17-43(18-20-44)16-15-42-13-3-4-14-42/h1-2,5-12,21,23H,3-4,13-20,22H2,(H,39,40,41). The quantitative estimate of drug-likeness (QED) is 0.277. The number of anilines is 2. The predicted octanol–water partition coefficient (Wildman–Crippen LogP) is 5.88. The average molecular weight is 624 g/mol. The van der Waals surface area contributed by atoms with Gasteiger partial charge in [0.25, 0.3) is 5.91 Å². The first-order chi connectivity index (χ1) is 22.0. The van der Waals surface area contributed by atoms with Crippen LogP contribution in [0.2, 0.25) is 5.02 Å². The van der Waals surface area contributed by atoms with E-state index in [1.807, 2.05) is 35.2 Å². The number of aliphatic imine (C=N–C) groups is 1. The summed E-state index contributed by atoms with van der Waals surface area (Å²) in [5.74, 6) is 0.120. The molecule has 0 bridgehead atoms. The molecule has 7 rings (SSSR count). The lowest BCUT2D eigenvalue weighted by molar-refractivity contribution is 0.0626. The Morgan fingerprint density at radius 1 is 0.844 bits per heavy atom. The largest absolute Gasteiger partial charge is 0.336 e. The lowest BCUT2D eigenvalue weighted by atomic mass is 9.95. The van der Waals surface area contributed by atoms with Crippen molar-refractivity contribution >= 4 is 34.9 Å². The number of amides is 1. The molecule has 0 aliphatic carbocycles. The van der Waals surface area contributed by atoms with Crippen molar-refractivity contribution in [2.24, 2.45) is 4.99 Å². The molecular weight excluding hydrogens is 589 g/mol. The number of piperazine rings is 1. The van der Waals surface area contributed by atoms with Gasteiger partial charge in [0.2, 0.25) is 5.95 Å².